The number of amides is 1. The number of aromatic nitrogens is 3. The minimum absolute atomic E-state index is 0.0260. The van der Waals surface area contributed by atoms with Gasteiger partial charge in [-0.2, -0.15) is 5.26 Å². The van der Waals surface area contributed by atoms with Crippen molar-refractivity contribution in [2.45, 2.75) is 26.2 Å². The Hall–Kier alpha value is -3.53. The monoisotopic (exact) mass is 372 g/mol. The van der Waals surface area contributed by atoms with E-state index in [1.165, 1.54) is 0 Å². The Labute approximate surface area is 162 Å². The predicted octanol–water partition coefficient (Wildman–Crippen LogP) is 3.46. The Morgan fingerprint density at radius 2 is 2.25 bits per heavy atom. The second-order valence-electron chi connectivity index (χ2n) is 7.16. The van der Waals surface area contributed by atoms with Gasteiger partial charge in [0.15, 0.2) is 0 Å². The van der Waals surface area contributed by atoms with Crippen LogP contribution in [0, 0.1) is 30.1 Å². The zero-order valence-corrected chi connectivity index (χ0v) is 15.5. The molecule has 4 rings (SSSR count). The van der Waals surface area contributed by atoms with Crippen LogP contribution < -0.4 is 11.1 Å². The topological polar surface area (TPSA) is 118 Å². The Morgan fingerprint density at radius 1 is 1.39 bits per heavy atom. The average molecular weight is 372 g/mol. The number of nitrogens with zero attached hydrogens (tertiary/aromatic N) is 4. The van der Waals surface area contributed by atoms with Crippen molar-refractivity contribution in [2.24, 2.45) is 11.8 Å². The number of nitrogen functional groups attached to an aromatic ring is 1. The molecule has 3 aromatic rings. The number of anilines is 2. The highest BCUT2D eigenvalue weighted by molar-refractivity contribution is 5.98. The first kappa shape index (κ1) is 17.9. The molecule has 140 valence electrons. The second-order valence-corrected chi connectivity index (χ2v) is 7.16. The quantitative estimate of drug-likeness (QED) is 0.708. The lowest BCUT2D eigenvalue weighted by molar-refractivity contribution is -0.117. The van der Waals surface area contributed by atoms with Gasteiger partial charge in [0.2, 0.25) is 5.91 Å². The average Bonchev–Trinajstić information content (AvgIpc) is 3.46. The van der Waals surface area contributed by atoms with Crippen LogP contribution in [0.5, 0.6) is 0 Å². The Morgan fingerprint density at radius 3 is 3.04 bits per heavy atom. The number of carbonyl (C=O) groups excluding carboxylic acids is 1. The number of fused-ring (bicyclic) bond motifs is 1. The van der Waals surface area contributed by atoms with Gasteiger partial charge in [0.1, 0.15) is 11.6 Å². The molecule has 3 heterocycles. The number of hydrogen-bond donors (Lipinski definition) is 2. The summed E-state index contributed by atoms with van der Waals surface area (Å²) in [7, 11) is 0. The van der Waals surface area contributed by atoms with Crippen LogP contribution in [-0.4, -0.2) is 20.9 Å². The maximum absolute atomic E-state index is 12.4. The molecule has 3 N–H and O–H groups in total. The highest BCUT2D eigenvalue weighted by Crippen LogP contribution is 2.42. The van der Waals surface area contributed by atoms with E-state index in [4.69, 9.17) is 11.0 Å². The van der Waals surface area contributed by atoms with Gasteiger partial charge in [0.05, 0.1) is 11.8 Å². The fourth-order valence-electron chi connectivity index (χ4n) is 3.47. The lowest BCUT2D eigenvalue weighted by Crippen LogP contribution is -2.15. The molecule has 1 aliphatic carbocycles. The molecular weight excluding hydrogens is 352 g/mol. The molecule has 1 aliphatic rings. The fraction of sp³-hybridized carbons (Fsp3) is 0.286. The molecular formula is C21H20N6O. The third kappa shape index (κ3) is 3.49. The van der Waals surface area contributed by atoms with Gasteiger partial charge in [-0.25, -0.2) is 9.97 Å². The summed E-state index contributed by atoms with van der Waals surface area (Å²) in [6.07, 6.45) is 7.24. The Kier molecular flexibility index (Phi) is 4.62. The number of rotatable bonds is 5. The Balaban J connectivity index is 1.59. The van der Waals surface area contributed by atoms with Gasteiger partial charge in [-0.1, -0.05) is 0 Å². The van der Waals surface area contributed by atoms with E-state index < -0.39 is 0 Å². The van der Waals surface area contributed by atoms with Crippen molar-refractivity contribution in [2.75, 3.05) is 11.1 Å². The zero-order valence-electron chi connectivity index (χ0n) is 15.5. The predicted molar refractivity (Wildman–Crippen MR) is 107 cm³/mol. The molecule has 3 aromatic heterocycles. The summed E-state index contributed by atoms with van der Waals surface area (Å²) in [6, 6.07) is 7.80. The lowest BCUT2D eigenvalue weighted by atomic mass is 10.1. The molecule has 0 unspecified atom stereocenters. The van der Waals surface area contributed by atoms with E-state index in [1.54, 1.807) is 18.6 Å². The van der Waals surface area contributed by atoms with Crippen molar-refractivity contribution >= 4 is 28.3 Å². The van der Waals surface area contributed by atoms with E-state index in [1.807, 2.05) is 25.1 Å². The molecule has 0 bridgehead atoms. The Bertz CT molecular complexity index is 1100. The summed E-state index contributed by atoms with van der Waals surface area (Å²) in [4.78, 5) is 25.4. The van der Waals surface area contributed by atoms with Crippen LogP contribution in [0.2, 0.25) is 0 Å². The number of pyridine rings is 3. The van der Waals surface area contributed by atoms with Gasteiger partial charge in [-0.3, -0.25) is 9.78 Å². The van der Waals surface area contributed by atoms with Crippen LogP contribution in [0.3, 0.4) is 0 Å². The molecule has 7 nitrogen and oxygen atoms in total. The van der Waals surface area contributed by atoms with E-state index in [0.29, 0.717) is 24.0 Å². The lowest BCUT2D eigenvalue weighted by Gasteiger charge is -2.10. The summed E-state index contributed by atoms with van der Waals surface area (Å²) in [5, 5.41) is 13.1. The molecule has 0 aliphatic heterocycles. The largest absolute Gasteiger partial charge is 0.383 e. The van der Waals surface area contributed by atoms with E-state index in [0.717, 1.165) is 40.4 Å². The zero-order chi connectivity index (χ0) is 19.7. The summed E-state index contributed by atoms with van der Waals surface area (Å²) >= 11 is 0. The second kappa shape index (κ2) is 7.24. The number of aryl methyl sites for hydroxylation is 1. The number of hydrogen-bond acceptors (Lipinski definition) is 6. The van der Waals surface area contributed by atoms with E-state index in [-0.39, 0.29) is 11.8 Å². The van der Waals surface area contributed by atoms with Crippen molar-refractivity contribution in [3.05, 3.63) is 42.4 Å². The minimum Gasteiger partial charge on any atom is -0.383 e. The number of nitrogens with one attached hydrogen (secondary N) is 1. The molecule has 0 radical (unpaired) electrons. The van der Waals surface area contributed by atoms with E-state index in [2.05, 4.69) is 26.3 Å². The standard InChI is InChI=1S/C21H20N6O/c1-12-4-6-24-10-16(12)18-8-14-9-19(25-11-17(14)20(23)26-18)27-21(28)15-7-13(15)3-2-5-22/h4,6,8-11,13,15H,2-3,7H2,1H3,(H2,23,26)(H,25,27,28)/t13-,15-/m0/s1. The fourth-order valence-corrected chi connectivity index (χ4v) is 3.47. The van der Waals surface area contributed by atoms with Gasteiger partial charge in [0, 0.05) is 41.9 Å². The van der Waals surface area contributed by atoms with Gasteiger partial charge in [-0.15, -0.1) is 0 Å². The maximum atomic E-state index is 12.4. The third-order valence-corrected chi connectivity index (χ3v) is 5.20. The van der Waals surface area contributed by atoms with Gasteiger partial charge in [-0.05, 0) is 54.8 Å². The maximum Gasteiger partial charge on any atom is 0.228 e. The van der Waals surface area contributed by atoms with E-state index >= 15 is 0 Å². The molecule has 28 heavy (non-hydrogen) atoms. The molecule has 7 heteroatoms. The van der Waals surface area contributed by atoms with Crippen molar-refractivity contribution in [3.8, 4) is 17.3 Å². The van der Waals surface area contributed by atoms with Gasteiger partial charge < -0.3 is 11.1 Å². The van der Waals surface area contributed by atoms with Crippen LogP contribution in [0.25, 0.3) is 22.0 Å². The number of nitriles is 1. The molecule has 1 amide bonds. The van der Waals surface area contributed by atoms with Crippen LogP contribution >= 0.6 is 0 Å². The van der Waals surface area contributed by atoms with Crippen molar-refractivity contribution in [1.82, 2.24) is 15.0 Å². The summed E-state index contributed by atoms with van der Waals surface area (Å²) in [6.45, 7) is 2.00. The highest BCUT2D eigenvalue weighted by atomic mass is 16.2. The van der Waals surface area contributed by atoms with Crippen LogP contribution in [0.4, 0.5) is 11.6 Å². The summed E-state index contributed by atoms with van der Waals surface area (Å²) in [5.74, 6) is 1.12. The molecule has 1 saturated carbocycles. The summed E-state index contributed by atoms with van der Waals surface area (Å²) < 4.78 is 0. The van der Waals surface area contributed by atoms with Gasteiger partial charge in [0.25, 0.3) is 0 Å². The highest BCUT2D eigenvalue weighted by Gasteiger charge is 2.42. The van der Waals surface area contributed by atoms with Crippen LogP contribution in [0.15, 0.2) is 36.8 Å². The number of carbonyl (C=O) groups is 1. The molecule has 0 saturated heterocycles. The smallest absolute Gasteiger partial charge is 0.228 e. The SMILES string of the molecule is Cc1ccncc1-c1cc2cc(NC(=O)[C@H]3C[C@@H]3CCC#N)ncc2c(N)n1. The molecule has 0 spiro atoms. The van der Waals surface area contributed by atoms with Crippen molar-refractivity contribution in [3.63, 3.8) is 0 Å². The summed E-state index contributed by atoms with van der Waals surface area (Å²) in [5.41, 5.74) is 8.84. The van der Waals surface area contributed by atoms with Crippen molar-refractivity contribution in [1.29, 1.82) is 5.26 Å². The molecule has 1 fully saturated rings. The molecule has 2 atom stereocenters. The normalized spacial score (nSPS) is 17.9. The third-order valence-electron chi connectivity index (χ3n) is 5.20. The minimum atomic E-state index is -0.0415. The van der Waals surface area contributed by atoms with Crippen molar-refractivity contribution < 1.29 is 4.79 Å². The van der Waals surface area contributed by atoms with Gasteiger partial charge >= 0.3 is 0 Å². The van der Waals surface area contributed by atoms with Crippen LogP contribution in [0.1, 0.15) is 24.8 Å². The molecule has 0 aromatic carbocycles. The first-order valence-corrected chi connectivity index (χ1v) is 9.22. The first-order valence-electron chi connectivity index (χ1n) is 9.22. The first-order chi connectivity index (χ1) is 13.6. The number of nitrogens with two attached hydrogens (primary N) is 1. The van der Waals surface area contributed by atoms with Crippen LogP contribution in [-0.2, 0) is 4.79 Å². The van der Waals surface area contributed by atoms with E-state index in [9.17, 15) is 4.79 Å².